The zero-order valence-electron chi connectivity index (χ0n) is 17.0. The van der Waals surface area contributed by atoms with Crippen molar-refractivity contribution in [3.8, 4) is 0 Å². The van der Waals surface area contributed by atoms with Gasteiger partial charge in [-0.05, 0) is 38.4 Å². The Hall–Kier alpha value is -2.48. The van der Waals surface area contributed by atoms with Crippen molar-refractivity contribution in [1.82, 2.24) is 9.47 Å². The number of pyridine rings is 1. The molecule has 0 aliphatic carbocycles. The van der Waals surface area contributed by atoms with Gasteiger partial charge in [0.1, 0.15) is 17.1 Å². The first-order valence-corrected chi connectivity index (χ1v) is 10.1. The number of rotatable bonds is 7. The van der Waals surface area contributed by atoms with Gasteiger partial charge in [-0.1, -0.05) is 13.8 Å². The molecule has 1 atom stereocenters. The summed E-state index contributed by atoms with van der Waals surface area (Å²) in [6.07, 6.45) is 1.97. The number of hydrogen-bond donors (Lipinski definition) is 1. The van der Waals surface area contributed by atoms with E-state index in [9.17, 15) is 19.1 Å². The van der Waals surface area contributed by atoms with Crippen LogP contribution in [0.4, 0.5) is 14.5 Å². The molecule has 1 N–H and O–H groups in total. The molecule has 2 heterocycles. The van der Waals surface area contributed by atoms with Crippen molar-refractivity contribution in [3.63, 3.8) is 0 Å². The molecule has 0 saturated carbocycles. The van der Waals surface area contributed by atoms with E-state index in [-0.39, 0.29) is 23.1 Å². The molecular weight excluding hydrogens is 380 g/mol. The van der Waals surface area contributed by atoms with Crippen molar-refractivity contribution < 1.29 is 18.7 Å². The third kappa shape index (κ3) is 3.85. The Bertz CT molecular complexity index is 986. The molecule has 0 spiro atoms. The van der Waals surface area contributed by atoms with Crippen LogP contribution in [0.3, 0.4) is 0 Å². The lowest BCUT2D eigenvalue weighted by molar-refractivity contribution is 0.0695. The average molecular weight is 407 g/mol. The van der Waals surface area contributed by atoms with Crippen LogP contribution in [0.5, 0.6) is 0 Å². The molecule has 1 aliphatic rings. The van der Waals surface area contributed by atoms with Gasteiger partial charge in [0, 0.05) is 32.4 Å². The molecule has 1 aliphatic heterocycles. The second-order valence-corrected chi connectivity index (χ2v) is 7.47. The monoisotopic (exact) mass is 407 g/mol. The van der Waals surface area contributed by atoms with E-state index < -0.39 is 28.6 Å². The average Bonchev–Trinajstić information content (AvgIpc) is 3.14. The fraction of sp³-hybridized carbons (Fsp3) is 0.524. The largest absolute Gasteiger partial charge is 0.477 e. The molecule has 2 aromatic rings. The third-order valence-electron chi connectivity index (χ3n) is 5.81. The number of nitrogens with zero attached hydrogens (tertiary/aromatic N) is 3. The number of carboxylic acids is 1. The predicted octanol–water partition coefficient (Wildman–Crippen LogP) is 3.17. The van der Waals surface area contributed by atoms with E-state index >= 15 is 4.39 Å². The molecule has 1 aromatic carbocycles. The zero-order valence-corrected chi connectivity index (χ0v) is 17.0. The molecule has 1 fully saturated rings. The van der Waals surface area contributed by atoms with E-state index in [0.29, 0.717) is 19.0 Å². The lowest BCUT2D eigenvalue weighted by Gasteiger charge is -2.24. The second-order valence-electron chi connectivity index (χ2n) is 7.47. The van der Waals surface area contributed by atoms with Crippen molar-refractivity contribution >= 4 is 22.6 Å². The minimum absolute atomic E-state index is 0.0499. The van der Waals surface area contributed by atoms with Crippen LogP contribution < -0.4 is 10.3 Å². The van der Waals surface area contributed by atoms with Crippen molar-refractivity contribution in [3.05, 3.63) is 39.7 Å². The van der Waals surface area contributed by atoms with Gasteiger partial charge in [0.25, 0.3) is 0 Å². The minimum Gasteiger partial charge on any atom is -0.477 e. The normalized spacial score (nSPS) is 16.9. The zero-order chi connectivity index (χ0) is 21.3. The molecule has 0 bridgehead atoms. The van der Waals surface area contributed by atoms with Crippen LogP contribution in [0.15, 0.2) is 17.1 Å². The molecule has 0 radical (unpaired) electrons. The fourth-order valence-corrected chi connectivity index (χ4v) is 4.20. The molecule has 3 rings (SSSR count). The maximum atomic E-state index is 15.5. The Morgan fingerprint density at radius 3 is 2.55 bits per heavy atom. The molecule has 1 saturated heterocycles. The van der Waals surface area contributed by atoms with Gasteiger partial charge in [0.05, 0.1) is 10.9 Å². The van der Waals surface area contributed by atoms with Gasteiger partial charge in [0.2, 0.25) is 5.43 Å². The summed E-state index contributed by atoms with van der Waals surface area (Å²) in [7, 11) is 0. The SMILES string of the molecule is CCN(CC)CC1CCN(c2c(F)cc3c(=O)c(C(=O)O)cn(CC)c3c2F)C1. The standard InChI is InChI=1S/C21H27F2N3O3/c1-4-24(5-2)10-13-7-8-26(11-13)19-16(22)9-14-18(17(19)23)25(6-3)12-15(20(14)27)21(28)29/h9,12-13H,4-8,10-11H2,1-3H3,(H,28,29). The summed E-state index contributed by atoms with van der Waals surface area (Å²) >= 11 is 0. The number of fused-ring (bicyclic) bond motifs is 1. The van der Waals surface area contributed by atoms with Gasteiger partial charge in [-0.15, -0.1) is 0 Å². The van der Waals surface area contributed by atoms with Gasteiger partial charge in [0.15, 0.2) is 5.82 Å². The summed E-state index contributed by atoms with van der Waals surface area (Å²) < 4.78 is 31.7. The summed E-state index contributed by atoms with van der Waals surface area (Å²) in [5.74, 6) is -2.74. The molecule has 6 nitrogen and oxygen atoms in total. The minimum atomic E-state index is -1.41. The van der Waals surface area contributed by atoms with Gasteiger partial charge in [-0.3, -0.25) is 4.79 Å². The lowest BCUT2D eigenvalue weighted by Crippen LogP contribution is -2.31. The second kappa shape index (κ2) is 8.49. The van der Waals surface area contributed by atoms with E-state index in [1.54, 1.807) is 11.8 Å². The number of benzene rings is 1. The highest BCUT2D eigenvalue weighted by atomic mass is 19.1. The Labute approximate surface area is 168 Å². The number of aromatic carboxylic acids is 1. The van der Waals surface area contributed by atoms with E-state index in [1.165, 1.54) is 4.57 Å². The van der Waals surface area contributed by atoms with Crippen LogP contribution in [0.2, 0.25) is 0 Å². The number of aromatic nitrogens is 1. The van der Waals surface area contributed by atoms with Gasteiger partial charge in [-0.25, -0.2) is 13.6 Å². The lowest BCUT2D eigenvalue weighted by atomic mass is 10.1. The highest BCUT2D eigenvalue weighted by Gasteiger charge is 2.30. The topological polar surface area (TPSA) is 65.8 Å². The van der Waals surface area contributed by atoms with E-state index in [4.69, 9.17) is 0 Å². The Balaban J connectivity index is 2.06. The summed E-state index contributed by atoms with van der Waals surface area (Å²) in [4.78, 5) is 27.8. The predicted molar refractivity (Wildman–Crippen MR) is 109 cm³/mol. The summed E-state index contributed by atoms with van der Waals surface area (Å²) in [6, 6.07) is 0.979. The van der Waals surface area contributed by atoms with Crippen LogP contribution in [-0.2, 0) is 6.54 Å². The fourth-order valence-electron chi connectivity index (χ4n) is 4.20. The first kappa shape index (κ1) is 21.2. The highest BCUT2D eigenvalue weighted by molar-refractivity contribution is 5.93. The first-order valence-electron chi connectivity index (χ1n) is 10.1. The first-order chi connectivity index (χ1) is 13.8. The van der Waals surface area contributed by atoms with Gasteiger partial charge in [-0.2, -0.15) is 0 Å². The Kier molecular flexibility index (Phi) is 6.21. The Morgan fingerprint density at radius 2 is 1.97 bits per heavy atom. The van der Waals surface area contributed by atoms with Crippen LogP contribution in [0.1, 0.15) is 37.6 Å². The third-order valence-corrected chi connectivity index (χ3v) is 5.81. The van der Waals surface area contributed by atoms with Crippen molar-refractivity contribution in [2.75, 3.05) is 37.6 Å². The summed E-state index contributed by atoms with van der Waals surface area (Å²) in [5, 5.41) is 8.99. The van der Waals surface area contributed by atoms with Crippen LogP contribution in [0.25, 0.3) is 10.9 Å². The van der Waals surface area contributed by atoms with Crippen molar-refractivity contribution in [2.24, 2.45) is 5.92 Å². The molecule has 158 valence electrons. The van der Waals surface area contributed by atoms with E-state index in [2.05, 4.69) is 18.7 Å². The molecule has 1 aromatic heterocycles. The van der Waals surface area contributed by atoms with Gasteiger partial charge >= 0.3 is 5.97 Å². The maximum Gasteiger partial charge on any atom is 0.341 e. The molecule has 29 heavy (non-hydrogen) atoms. The molecule has 8 heteroatoms. The number of aryl methyl sites for hydroxylation is 1. The summed E-state index contributed by atoms with van der Waals surface area (Å²) in [6.45, 7) is 9.97. The molecule has 1 unspecified atom stereocenters. The Morgan fingerprint density at radius 1 is 1.28 bits per heavy atom. The van der Waals surface area contributed by atoms with E-state index in [1.807, 2.05) is 0 Å². The highest BCUT2D eigenvalue weighted by Crippen LogP contribution is 2.33. The van der Waals surface area contributed by atoms with Crippen molar-refractivity contribution in [2.45, 2.75) is 33.7 Å². The smallest absolute Gasteiger partial charge is 0.341 e. The number of halogens is 2. The number of carbonyl (C=O) groups is 1. The van der Waals surface area contributed by atoms with Crippen LogP contribution in [-0.4, -0.2) is 53.3 Å². The van der Waals surface area contributed by atoms with Crippen molar-refractivity contribution in [1.29, 1.82) is 0 Å². The molecular formula is C21H27F2N3O3. The number of hydrogen-bond acceptors (Lipinski definition) is 4. The number of anilines is 1. The number of carboxylic acid groups (broad SMARTS) is 1. The van der Waals surface area contributed by atoms with E-state index in [0.717, 1.165) is 38.3 Å². The quantitative estimate of drug-likeness (QED) is 0.764. The molecule has 0 amide bonds. The maximum absolute atomic E-state index is 15.5. The van der Waals surface area contributed by atoms with Crippen LogP contribution >= 0.6 is 0 Å². The van der Waals surface area contributed by atoms with Crippen LogP contribution in [0, 0.1) is 17.6 Å². The van der Waals surface area contributed by atoms with Gasteiger partial charge < -0.3 is 19.5 Å². The summed E-state index contributed by atoms with van der Waals surface area (Å²) in [5.41, 5.74) is -1.55.